The van der Waals surface area contributed by atoms with E-state index in [1.54, 1.807) is 18.0 Å². The van der Waals surface area contributed by atoms with Crippen LogP contribution in [-0.2, 0) is 6.42 Å². The lowest BCUT2D eigenvalue weighted by molar-refractivity contribution is 0.0732. The number of nitrogens with zero attached hydrogens (tertiary/aromatic N) is 2. The molecule has 0 fully saturated rings. The fourth-order valence-corrected chi connectivity index (χ4v) is 1.93. The van der Waals surface area contributed by atoms with Crippen molar-refractivity contribution in [3.8, 4) is 0 Å². The highest BCUT2D eigenvalue weighted by atomic mass is 16.3. The molecule has 1 heterocycles. The molecule has 0 aromatic carbocycles. The normalized spacial score (nSPS) is 10.3. The van der Waals surface area contributed by atoms with E-state index in [1.807, 2.05) is 13.0 Å². The van der Waals surface area contributed by atoms with Crippen LogP contribution in [0.2, 0.25) is 0 Å². The number of hydrogen-bond donors (Lipinski definition) is 2. The van der Waals surface area contributed by atoms with Gasteiger partial charge >= 0.3 is 0 Å². The van der Waals surface area contributed by atoms with Crippen LogP contribution in [0.15, 0.2) is 12.1 Å². The number of hydrogen-bond acceptors (Lipinski definition) is 4. The van der Waals surface area contributed by atoms with Crippen LogP contribution in [-0.4, -0.2) is 47.6 Å². The molecule has 0 radical (unpaired) electrons. The summed E-state index contributed by atoms with van der Waals surface area (Å²) in [6, 6.07) is 3.59. The Morgan fingerprint density at radius 1 is 1.42 bits per heavy atom. The number of aromatic nitrogens is 1. The molecule has 0 unspecified atom stereocenters. The zero-order valence-corrected chi connectivity index (χ0v) is 11.9. The maximum Gasteiger partial charge on any atom is 0.254 e. The lowest BCUT2D eigenvalue weighted by Crippen LogP contribution is -2.33. The number of pyridine rings is 1. The molecule has 0 saturated heterocycles. The molecule has 5 heteroatoms. The first-order chi connectivity index (χ1) is 9.15. The predicted molar refractivity (Wildman–Crippen MR) is 76.4 cm³/mol. The molecule has 0 aliphatic heterocycles. The fourth-order valence-electron chi connectivity index (χ4n) is 1.93. The maximum absolute atomic E-state index is 12.3. The molecule has 5 nitrogen and oxygen atoms in total. The van der Waals surface area contributed by atoms with Crippen LogP contribution in [0.3, 0.4) is 0 Å². The zero-order valence-electron chi connectivity index (χ0n) is 11.9. The van der Waals surface area contributed by atoms with Gasteiger partial charge in [-0.1, -0.05) is 13.3 Å². The lowest BCUT2D eigenvalue weighted by atomic mass is 10.1. The van der Waals surface area contributed by atoms with Gasteiger partial charge in [0.15, 0.2) is 0 Å². The van der Waals surface area contributed by atoms with Crippen LogP contribution in [0.1, 0.15) is 36.3 Å². The molecule has 0 atom stereocenters. The molecule has 0 bridgehead atoms. The van der Waals surface area contributed by atoms with Crippen molar-refractivity contribution in [1.82, 2.24) is 9.88 Å². The van der Waals surface area contributed by atoms with Crippen molar-refractivity contribution in [1.29, 1.82) is 0 Å². The van der Waals surface area contributed by atoms with Crippen LogP contribution in [0.4, 0.5) is 5.82 Å². The minimum Gasteiger partial charge on any atom is -0.395 e. The van der Waals surface area contributed by atoms with E-state index in [9.17, 15) is 4.79 Å². The third kappa shape index (κ3) is 4.21. The number of rotatable bonds is 7. The van der Waals surface area contributed by atoms with Gasteiger partial charge in [-0.3, -0.25) is 4.79 Å². The van der Waals surface area contributed by atoms with Gasteiger partial charge in [0.1, 0.15) is 5.82 Å². The molecule has 2 N–H and O–H groups in total. The Labute approximate surface area is 114 Å². The smallest absolute Gasteiger partial charge is 0.254 e. The van der Waals surface area contributed by atoms with Crippen molar-refractivity contribution < 1.29 is 9.90 Å². The lowest BCUT2D eigenvalue weighted by Gasteiger charge is -2.20. The van der Waals surface area contributed by atoms with Gasteiger partial charge < -0.3 is 15.3 Å². The summed E-state index contributed by atoms with van der Waals surface area (Å²) in [5.74, 6) is 0.641. The third-order valence-corrected chi connectivity index (χ3v) is 2.93. The molecule has 1 aromatic rings. The van der Waals surface area contributed by atoms with Gasteiger partial charge in [0.2, 0.25) is 0 Å². The summed E-state index contributed by atoms with van der Waals surface area (Å²) >= 11 is 0. The molecule has 0 saturated carbocycles. The Balaban J connectivity index is 3.03. The monoisotopic (exact) mass is 265 g/mol. The molecule has 0 spiro atoms. The molecule has 1 amide bonds. The second-order valence-electron chi connectivity index (χ2n) is 4.34. The van der Waals surface area contributed by atoms with Gasteiger partial charge in [0, 0.05) is 31.4 Å². The highest BCUT2D eigenvalue weighted by molar-refractivity contribution is 5.95. The van der Waals surface area contributed by atoms with Crippen molar-refractivity contribution in [2.45, 2.75) is 26.7 Å². The summed E-state index contributed by atoms with van der Waals surface area (Å²) in [6.45, 7) is 4.90. The first-order valence-corrected chi connectivity index (χ1v) is 6.75. The van der Waals surface area contributed by atoms with E-state index in [0.29, 0.717) is 24.5 Å². The topological polar surface area (TPSA) is 65.5 Å². The van der Waals surface area contributed by atoms with Gasteiger partial charge in [0.25, 0.3) is 5.91 Å². The van der Waals surface area contributed by atoms with Crippen molar-refractivity contribution in [3.05, 3.63) is 23.4 Å². The van der Waals surface area contributed by atoms with E-state index in [2.05, 4.69) is 17.2 Å². The van der Waals surface area contributed by atoms with Crippen molar-refractivity contribution >= 4 is 11.7 Å². The highest BCUT2D eigenvalue weighted by Crippen LogP contribution is 2.14. The molecule has 106 valence electrons. The van der Waals surface area contributed by atoms with Crippen LogP contribution >= 0.6 is 0 Å². The average molecular weight is 265 g/mol. The van der Waals surface area contributed by atoms with E-state index in [4.69, 9.17) is 5.11 Å². The average Bonchev–Trinajstić information content (AvgIpc) is 2.44. The molecule has 1 rings (SSSR count). The van der Waals surface area contributed by atoms with E-state index in [-0.39, 0.29) is 12.5 Å². The number of anilines is 1. The summed E-state index contributed by atoms with van der Waals surface area (Å²) in [5, 5.41) is 12.0. The number of nitrogens with one attached hydrogen (secondary N) is 1. The third-order valence-electron chi connectivity index (χ3n) is 2.93. The predicted octanol–water partition coefficient (Wildman–Crippen LogP) is 1.53. The Hall–Kier alpha value is -1.62. The molecular weight excluding hydrogens is 242 g/mol. The second-order valence-corrected chi connectivity index (χ2v) is 4.34. The zero-order chi connectivity index (χ0) is 14.3. The summed E-state index contributed by atoms with van der Waals surface area (Å²) in [6.07, 6.45) is 1.84. The van der Waals surface area contributed by atoms with Gasteiger partial charge in [-0.2, -0.15) is 0 Å². The SMILES string of the molecule is CCCc1cc(C(=O)N(CC)CCO)cc(NC)n1. The Kier molecular flexibility index (Phi) is 6.29. The Bertz CT molecular complexity index is 421. The number of aliphatic hydroxyl groups excluding tert-OH is 1. The van der Waals surface area contributed by atoms with Gasteiger partial charge in [0.05, 0.1) is 6.61 Å². The molecule has 1 aromatic heterocycles. The second kappa shape index (κ2) is 7.74. The summed E-state index contributed by atoms with van der Waals surface area (Å²) in [4.78, 5) is 18.4. The van der Waals surface area contributed by atoms with Gasteiger partial charge in [-0.15, -0.1) is 0 Å². The highest BCUT2D eigenvalue weighted by Gasteiger charge is 2.15. The van der Waals surface area contributed by atoms with Gasteiger partial charge in [-0.25, -0.2) is 4.98 Å². The number of carbonyl (C=O) groups excluding carboxylic acids is 1. The summed E-state index contributed by atoms with van der Waals surface area (Å²) < 4.78 is 0. The van der Waals surface area contributed by atoms with E-state index in [0.717, 1.165) is 18.5 Å². The number of carbonyl (C=O) groups is 1. The number of aryl methyl sites for hydroxylation is 1. The number of likely N-dealkylation sites (N-methyl/N-ethyl adjacent to an activating group) is 1. The summed E-state index contributed by atoms with van der Waals surface area (Å²) in [7, 11) is 1.79. The molecular formula is C14H23N3O2. The van der Waals surface area contributed by atoms with E-state index >= 15 is 0 Å². The maximum atomic E-state index is 12.3. The first-order valence-electron chi connectivity index (χ1n) is 6.75. The molecule has 0 aliphatic rings. The summed E-state index contributed by atoms with van der Waals surface area (Å²) in [5.41, 5.74) is 1.54. The van der Waals surface area contributed by atoms with Crippen LogP contribution in [0.25, 0.3) is 0 Å². The number of aliphatic hydroxyl groups is 1. The Morgan fingerprint density at radius 3 is 2.68 bits per heavy atom. The standard InChI is InChI=1S/C14H23N3O2/c1-4-6-12-9-11(10-13(15-3)16-12)14(19)17(5-2)7-8-18/h9-10,18H,4-8H2,1-3H3,(H,15,16). The number of amides is 1. The minimum atomic E-state index is -0.0622. The largest absolute Gasteiger partial charge is 0.395 e. The van der Waals surface area contributed by atoms with E-state index < -0.39 is 0 Å². The van der Waals surface area contributed by atoms with Crippen molar-refractivity contribution in [2.24, 2.45) is 0 Å². The Morgan fingerprint density at radius 2 is 2.16 bits per heavy atom. The molecule has 19 heavy (non-hydrogen) atoms. The quantitative estimate of drug-likeness (QED) is 0.784. The molecule has 0 aliphatic carbocycles. The first kappa shape index (κ1) is 15.4. The van der Waals surface area contributed by atoms with Crippen LogP contribution < -0.4 is 5.32 Å². The fraction of sp³-hybridized carbons (Fsp3) is 0.571. The van der Waals surface area contributed by atoms with Crippen LogP contribution in [0.5, 0.6) is 0 Å². The van der Waals surface area contributed by atoms with Crippen molar-refractivity contribution in [2.75, 3.05) is 32.1 Å². The minimum absolute atomic E-state index is 0.0225. The van der Waals surface area contributed by atoms with Crippen molar-refractivity contribution in [3.63, 3.8) is 0 Å². The van der Waals surface area contributed by atoms with E-state index in [1.165, 1.54) is 0 Å². The van der Waals surface area contributed by atoms with Crippen LogP contribution in [0, 0.1) is 0 Å². The van der Waals surface area contributed by atoms with Gasteiger partial charge in [-0.05, 0) is 25.5 Å².